The molecule has 1 rings (SSSR count). The fraction of sp³-hybridized carbons (Fsp3) is 0.273. The Labute approximate surface area is 88.9 Å². The lowest BCUT2D eigenvalue weighted by Crippen LogP contribution is -2.40. The quantitative estimate of drug-likeness (QED) is 0.567. The zero-order valence-electron chi connectivity index (χ0n) is 8.74. The molecule has 0 radical (unpaired) electrons. The Morgan fingerprint density at radius 3 is 2.60 bits per heavy atom. The van der Waals surface area contributed by atoms with Gasteiger partial charge in [-0.05, 0) is 12.1 Å². The molecular weight excluding hydrogens is 190 g/mol. The lowest BCUT2D eigenvalue weighted by Gasteiger charge is -2.13. The molecule has 1 aromatic rings. The number of hydrogen-bond acceptors (Lipinski definition) is 2. The van der Waals surface area contributed by atoms with E-state index in [1.54, 1.807) is 38.1 Å². The Hall–Kier alpha value is -2.02. The molecule has 0 aliphatic rings. The van der Waals surface area contributed by atoms with Crippen LogP contribution in [-0.2, 0) is 0 Å². The van der Waals surface area contributed by atoms with E-state index in [2.05, 4.69) is 10.2 Å². The summed E-state index contributed by atoms with van der Waals surface area (Å²) in [7, 11) is 0. The molecule has 4 heteroatoms. The van der Waals surface area contributed by atoms with Crippen LogP contribution < -0.4 is 11.1 Å². The van der Waals surface area contributed by atoms with E-state index in [1.165, 1.54) is 0 Å². The van der Waals surface area contributed by atoms with Crippen LogP contribution in [0.2, 0.25) is 0 Å². The summed E-state index contributed by atoms with van der Waals surface area (Å²) in [6.45, 7) is 10.2. The zero-order valence-corrected chi connectivity index (χ0v) is 8.74. The second-order valence-electron chi connectivity index (χ2n) is 3.71. The molecule has 0 atom stereocenters. The smallest absolute Gasteiger partial charge is 0.302 e. The molecule has 0 aliphatic heterocycles. The highest BCUT2D eigenvalue weighted by Crippen LogP contribution is 2.12. The normalized spacial score (nSPS) is 10.5. The van der Waals surface area contributed by atoms with E-state index >= 15 is 0 Å². The Kier molecular flexibility index (Phi) is 2.96. The molecule has 0 fully saturated rings. The van der Waals surface area contributed by atoms with Gasteiger partial charge in [0.2, 0.25) is 0 Å². The van der Waals surface area contributed by atoms with Gasteiger partial charge in [0.1, 0.15) is 0 Å². The van der Waals surface area contributed by atoms with E-state index in [-0.39, 0.29) is 5.91 Å². The topological polar surface area (TPSA) is 59.5 Å². The molecule has 3 N–H and O–H groups in total. The third-order valence-corrected chi connectivity index (χ3v) is 1.90. The van der Waals surface area contributed by atoms with Crippen molar-refractivity contribution in [3.05, 3.63) is 41.2 Å². The van der Waals surface area contributed by atoms with Gasteiger partial charge in [0, 0.05) is 19.5 Å². The average Bonchev–Trinajstić information content (AvgIpc) is 2.17. The van der Waals surface area contributed by atoms with Crippen LogP contribution in [0.25, 0.3) is 4.85 Å². The number of amides is 1. The molecular formula is C11H13N3O. The Morgan fingerprint density at radius 2 is 2.07 bits per heavy atom. The first-order valence-corrected chi connectivity index (χ1v) is 4.52. The van der Waals surface area contributed by atoms with Crippen LogP contribution in [0.5, 0.6) is 0 Å². The van der Waals surface area contributed by atoms with Gasteiger partial charge in [-0.15, -0.1) is 0 Å². The van der Waals surface area contributed by atoms with Gasteiger partial charge in [0.05, 0.1) is 5.56 Å². The number of anilines is 1. The predicted octanol–water partition coefficient (Wildman–Crippen LogP) is 1.65. The number of para-hydroxylation sites is 1. The molecule has 0 spiro atoms. The molecule has 0 bridgehead atoms. The number of benzene rings is 1. The highest BCUT2D eigenvalue weighted by Gasteiger charge is 2.26. The Bertz CT molecular complexity index is 418. The largest absolute Gasteiger partial charge is 0.398 e. The molecule has 15 heavy (non-hydrogen) atoms. The lowest BCUT2D eigenvalue weighted by molar-refractivity contribution is 0.0928. The minimum atomic E-state index is -0.903. The highest BCUT2D eigenvalue weighted by molar-refractivity contribution is 5.99. The molecule has 0 saturated carbocycles. The number of nitrogen functional groups attached to an aromatic ring is 1. The second kappa shape index (κ2) is 4.01. The maximum Gasteiger partial charge on any atom is 0.302 e. The van der Waals surface area contributed by atoms with Crippen LogP contribution in [0.4, 0.5) is 5.69 Å². The number of carbonyl (C=O) groups is 1. The number of hydrogen-bond donors (Lipinski definition) is 2. The van der Waals surface area contributed by atoms with E-state index in [9.17, 15) is 4.79 Å². The fourth-order valence-corrected chi connectivity index (χ4v) is 1.08. The molecule has 1 amide bonds. The SMILES string of the molecule is [C-]#[N+]C(C)(C)NC(=O)c1ccccc1N. The first-order valence-electron chi connectivity index (χ1n) is 4.52. The summed E-state index contributed by atoms with van der Waals surface area (Å²) in [6.07, 6.45) is 0. The van der Waals surface area contributed by atoms with Crippen LogP contribution >= 0.6 is 0 Å². The monoisotopic (exact) mass is 203 g/mol. The molecule has 4 nitrogen and oxygen atoms in total. The lowest BCUT2D eigenvalue weighted by atomic mass is 10.1. The molecule has 0 heterocycles. The number of nitrogens with one attached hydrogen (secondary N) is 1. The van der Waals surface area contributed by atoms with Crippen LogP contribution in [0.3, 0.4) is 0 Å². The van der Waals surface area contributed by atoms with E-state index in [4.69, 9.17) is 12.3 Å². The van der Waals surface area contributed by atoms with E-state index in [0.717, 1.165) is 0 Å². The van der Waals surface area contributed by atoms with Crippen LogP contribution in [-0.4, -0.2) is 11.6 Å². The third kappa shape index (κ3) is 2.71. The van der Waals surface area contributed by atoms with Crippen molar-refractivity contribution in [3.63, 3.8) is 0 Å². The molecule has 0 aliphatic carbocycles. The molecule has 78 valence electrons. The van der Waals surface area contributed by atoms with Gasteiger partial charge in [-0.1, -0.05) is 12.1 Å². The molecule has 0 saturated heterocycles. The summed E-state index contributed by atoms with van der Waals surface area (Å²) < 4.78 is 0. The minimum absolute atomic E-state index is 0.325. The van der Waals surface area contributed by atoms with Crippen molar-refractivity contribution in [2.24, 2.45) is 0 Å². The fourth-order valence-electron chi connectivity index (χ4n) is 1.08. The van der Waals surface area contributed by atoms with Gasteiger partial charge in [0.15, 0.2) is 0 Å². The molecule has 1 aromatic carbocycles. The Morgan fingerprint density at radius 1 is 1.47 bits per heavy atom. The van der Waals surface area contributed by atoms with Gasteiger partial charge < -0.3 is 5.73 Å². The summed E-state index contributed by atoms with van der Waals surface area (Å²) in [6, 6.07) is 6.77. The van der Waals surface area contributed by atoms with Crippen molar-refractivity contribution in [2.45, 2.75) is 19.5 Å². The summed E-state index contributed by atoms with van der Waals surface area (Å²) in [5, 5.41) is 2.59. The summed E-state index contributed by atoms with van der Waals surface area (Å²) >= 11 is 0. The van der Waals surface area contributed by atoms with Gasteiger partial charge in [0.25, 0.3) is 5.91 Å². The maximum atomic E-state index is 11.7. The van der Waals surface area contributed by atoms with Crippen molar-refractivity contribution in [1.29, 1.82) is 0 Å². The summed E-state index contributed by atoms with van der Waals surface area (Å²) in [5.41, 5.74) is 5.55. The van der Waals surface area contributed by atoms with Gasteiger partial charge in [-0.25, -0.2) is 6.57 Å². The summed E-state index contributed by atoms with van der Waals surface area (Å²) in [5.74, 6) is -0.325. The molecule has 0 unspecified atom stereocenters. The van der Waals surface area contributed by atoms with Crippen LogP contribution in [0.1, 0.15) is 24.2 Å². The molecule has 0 aromatic heterocycles. The van der Waals surface area contributed by atoms with Gasteiger partial charge >= 0.3 is 5.66 Å². The average molecular weight is 203 g/mol. The van der Waals surface area contributed by atoms with Crippen molar-refractivity contribution in [2.75, 3.05) is 5.73 Å². The predicted molar refractivity (Wildman–Crippen MR) is 59.0 cm³/mol. The van der Waals surface area contributed by atoms with Crippen LogP contribution in [0, 0.1) is 6.57 Å². The minimum Gasteiger partial charge on any atom is -0.398 e. The number of rotatable bonds is 2. The van der Waals surface area contributed by atoms with Crippen molar-refractivity contribution >= 4 is 11.6 Å². The van der Waals surface area contributed by atoms with Crippen molar-refractivity contribution in [1.82, 2.24) is 5.32 Å². The second-order valence-corrected chi connectivity index (χ2v) is 3.71. The van der Waals surface area contributed by atoms with E-state index < -0.39 is 5.66 Å². The van der Waals surface area contributed by atoms with Crippen molar-refractivity contribution in [3.8, 4) is 0 Å². The number of nitrogens with zero attached hydrogens (tertiary/aromatic N) is 1. The van der Waals surface area contributed by atoms with Gasteiger partial charge in [-0.3, -0.25) is 15.0 Å². The first kappa shape index (κ1) is 11.1. The maximum absolute atomic E-state index is 11.7. The number of nitrogens with two attached hydrogens (primary N) is 1. The van der Waals surface area contributed by atoms with Crippen molar-refractivity contribution < 1.29 is 4.79 Å². The summed E-state index contributed by atoms with van der Waals surface area (Å²) in [4.78, 5) is 15.0. The number of carbonyl (C=O) groups excluding carboxylic acids is 1. The van der Waals surface area contributed by atoms with Gasteiger partial charge in [-0.2, -0.15) is 0 Å². The zero-order chi connectivity index (χ0) is 11.5. The standard InChI is InChI=1S/C11H13N3O/c1-11(2,13-3)14-10(15)8-6-4-5-7-9(8)12/h4-7H,12H2,1-2H3,(H,14,15). The Balaban J connectivity index is 2.89. The van der Waals surface area contributed by atoms with E-state index in [0.29, 0.717) is 11.3 Å². The first-order chi connectivity index (χ1) is 6.96. The van der Waals surface area contributed by atoms with Crippen LogP contribution in [0.15, 0.2) is 24.3 Å². The van der Waals surface area contributed by atoms with E-state index in [1.807, 2.05) is 0 Å². The highest BCUT2D eigenvalue weighted by atomic mass is 16.1. The third-order valence-electron chi connectivity index (χ3n) is 1.90.